The molecule has 0 amide bonds. The number of nitrogens with zero attached hydrogens (tertiary/aromatic N) is 1. The first kappa shape index (κ1) is 32.3. The number of benzene rings is 10. The van der Waals surface area contributed by atoms with E-state index in [-0.39, 0.29) is 5.92 Å². The Morgan fingerprint density at radius 1 is 0.339 bits per heavy atom. The number of hydrogen-bond acceptors (Lipinski definition) is 1. The van der Waals surface area contributed by atoms with Gasteiger partial charge in [0.05, 0.1) is 5.69 Å². The molecule has 11 rings (SSSR count). The second-order valence-corrected chi connectivity index (χ2v) is 15.0. The van der Waals surface area contributed by atoms with Crippen LogP contribution in [0.3, 0.4) is 0 Å². The lowest BCUT2D eigenvalue weighted by atomic mass is 9.82. The van der Waals surface area contributed by atoms with Crippen molar-refractivity contribution in [3.05, 3.63) is 223 Å². The minimum atomic E-state index is 0.278. The molecule has 0 unspecified atom stereocenters. The van der Waals surface area contributed by atoms with Crippen molar-refractivity contribution in [3.8, 4) is 33.4 Å². The third-order valence-corrected chi connectivity index (χ3v) is 11.8. The Labute approximate surface area is 326 Å². The van der Waals surface area contributed by atoms with Crippen LogP contribution in [0, 0.1) is 0 Å². The fourth-order valence-electron chi connectivity index (χ4n) is 9.07. The Hall–Kier alpha value is -7.09. The largest absolute Gasteiger partial charge is 0.253 e. The number of fused-ring (bicyclic) bond motifs is 5. The van der Waals surface area contributed by atoms with E-state index in [1.54, 1.807) is 0 Å². The molecule has 0 spiro atoms. The molecule has 10 aromatic carbocycles. The van der Waals surface area contributed by atoms with Gasteiger partial charge in [0.15, 0.2) is 0 Å². The smallest absolute Gasteiger partial charge is 0.0671 e. The highest BCUT2D eigenvalue weighted by Gasteiger charge is 2.25. The van der Waals surface area contributed by atoms with Gasteiger partial charge in [0.25, 0.3) is 0 Å². The summed E-state index contributed by atoms with van der Waals surface area (Å²) in [4.78, 5) is 5.20. The maximum Gasteiger partial charge on any atom is 0.0671 e. The van der Waals surface area contributed by atoms with Crippen molar-refractivity contribution in [2.24, 2.45) is 4.99 Å². The summed E-state index contributed by atoms with van der Waals surface area (Å²) in [5.74, 6) is 0.278. The predicted molar refractivity (Wildman–Crippen MR) is 238 cm³/mol. The summed E-state index contributed by atoms with van der Waals surface area (Å²) >= 11 is 0. The lowest BCUT2D eigenvalue weighted by molar-refractivity contribution is 0.840. The molecule has 1 heteroatoms. The van der Waals surface area contributed by atoms with Gasteiger partial charge in [-0.1, -0.05) is 182 Å². The van der Waals surface area contributed by atoms with Gasteiger partial charge in [-0.25, -0.2) is 0 Å². The highest BCUT2D eigenvalue weighted by molar-refractivity contribution is 6.22. The molecule has 1 nitrogen and oxygen atoms in total. The number of aliphatic imine (C=N–C) groups is 1. The van der Waals surface area contributed by atoms with Crippen LogP contribution in [0.15, 0.2) is 211 Å². The van der Waals surface area contributed by atoms with E-state index >= 15 is 0 Å². The van der Waals surface area contributed by atoms with E-state index in [4.69, 9.17) is 4.99 Å². The van der Waals surface area contributed by atoms with Gasteiger partial charge in [0, 0.05) is 18.1 Å². The molecule has 0 saturated heterocycles. The van der Waals surface area contributed by atoms with E-state index in [0.29, 0.717) is 0 Å². The van der Waals surface area contributed by atoms with Crippen LogP contribution >= 0.6 is 0 Å². The number of rotatable bonds is 5. The highest BCUT2D eigenvalue weighted by Crippen LogP contribution is 2.46. The molecule has 10 aromatic rings. The Bertz CT molecular complexity index is 3150. The summed E-state index contributed by atoms with van der Waals surface area (Å²) in [7, 11) is 0. The van der Waals surface area contributed by atoms with E-state index in [1.165, 1.54) is 93.2 Å². The van der Waals surface area contributed by atoms with Crippen molar-refractivity contribution < 1.29 is 0 Å². The van der Waals surface area contributed by atoms with Crippen molar-refractivity contribution in [2.75, 3.05) is 0 Å². The fraction of sp³-hybridized carbons (Fsp3) is 0.0364. The SMILES string of the molecule is c1ccc([C@H]2CC(c3ccc(-c4ccc5c(-c6ccc7ccccc7c6)c6ccccc6c(-c6ccc7ccccc7c6)c5c4)cc3)=Nc3ccccc32)cc1. The van der Waals surface area contributed by atoms with Crippen LogP contribution in [0.25, 0.3) is 76.5 Å². The van der Waals surface area contributed by atoms with Gasteiger partial charge >= 0.3 is 0 Å². The minimum Gasteiger partial charge on any atom is -0.253 e. The third kappa shape index (κ3) is 5.51. The molecule has 0 aliphatic carbocycles. The first-order chi connectivity index (χ1) is 27.7. The minimum absolute atomic E-state index is 0.278. The zero-order valence-electron chi connectivity index (χ0n) is 30.9. The topological polar surface area (TPSA) is 12.4 Å². The molecule has 1 atom stereocenters. The van der Waals surface area contributed by atoms with E-state index in [0.717, 1.165) is 17.8 Å². The molecule has 0 radical (unpaired) electrons. The van der Waals surface area contributed by atoms with E-state index in [2.05, 4.69) is 206 Å². The van der Waals surface area contributed by atoms with Gasteiger partial charge in [-0.3, -0.25) is 4.99 Å². The Morgan fingerprint density at radius 2 is 0.839 bits per heavy atom. The van der Waals surface area contributed by atoms with Crippen molar-refractivity contribution in [2.45, 2.75) is 12.3 Å². The monoisotopic (exact) mass is 711 g/mol. The Morgan fingerprint density at radius 3 is 1.52 bits per heavy atom. The van der Waals surface area contributed by atoms with Gasteiger partial charge in [-0.2, -0.15) is 0 Å². The summed E-state index contributed by atoms with van der Waals surface area (Å²) in [6.45, 7) is 0. The van der Waals surface area contributed by atoms with Crippen molar-refractivity contribution in [1.29, 1.82) is 0 Å². The Kier molecular flexibility index (Phi) is 7.70. The molecule has 0 aromatic heterocycles. The zero-order valence-corrected chi connectivity index (χ0v) is 30.9. The predicted octanol–water partition coefficient (Wildman–Crippen LogP) is 15.0. The van der Waals surface area contributed by atoms with Gasteiger partial charge in [0.2, 0.25) is 0 Å². The van der Waals surface area contributed by atoms with Crippen LogP contribution in [0.1, 0.15) is 29.0 Å². The third-order valence-electron chi connectivity index (χ3n) is 11.8. The first-order valence-corrected chi connectivity index (χ1v) is 19.5. The molecule has 56 heavy (non-hydrogen) atoms. The van der Waals surface area contributed by atoms with Crippen LogP contribution in [0.2, 0.25) is 0 Å². The summed E-state index contributed by atoms with van der Waals surface area (Å²) in [6, 6.07) is 75.7. The normalized spacial score (nSPS) is 13.9. The van der Waals surface area contributed by atoms with Crippen LogP contribution in [0.5, 0.6) is 0 Å². The quantitative estimate of drug-likeness (QED) is 0.158. The van der Waals surface area contributed by atoms with Crippen molar-refractivity contribution >= 4 is 54.5 Å². The summed E-state index contributed by atoms with van der Waals surface area (Å²) in [5.41, 5.74) is 13.4. The number of para-hydroxylation sites is 1. The lowest BCUT2D eigenvalue weighted by Gasteiger charge is -2.25. The van der Waals surface area contributed by atoms with Crippen LogP contribution < -0.4 is 0 Å². The molecule has 0 fully saturated rings. The maximum atomic E-state index is 5.20. The number of hydrogen-bond donors (Lipinski definition) is 0. The lowest BCUT2D eigenvalue weighted by Crippen LogP contribution is -2.14. The summed E-state index contributed by atoms with van der Waals surface area (Å²) < 4.78 is 0. The zero-order chi connectivity index (χ0) is 37.0. The molecular formula is C55H37N. The van der Waals surface area contributed by atoms with Gasteiger partial charge in [0.1, 0.15) is 0 Å². The molecule has 1 aliphatic heterocycles. The van der Waals surface area contributed by atoms with Gasteiger partial charge in [-0.05, 0) is 117 Å². The van der Waals surface area contributed by atoms with Crippen LogP contribution in [-0.2, 0) is 0 Å². The Balaban J connectivity index is 1.08. The van der Waals surface area contributed by atoms with Gasteiger partial charge in [-0.15, -0.1) is 0 Å². The van der Waals surface area contributed by atoms with Gasteiger partial charge < -0.3 is 0 Å². The fourth-order valence-corrected chi connectivity index (χ4v) is 9.07. The van der Waals surface area contributed by atoms with E-state index in [9.17, 15) is 0 Å². The average Bonchev–Trinajstić information content (AvgIpc) is 3.27. The second-order valence-electron chi connectivity index (χ2n) is 15.0. The molecular weight excluding hydrogens is 675 g/mol. The second kappa shape index (κ2) is 13.3. The van der Waals surface area contributed by atoms with Crippen molar-refractivity contribution in [3.63, 3.8) is 0 Å². The molecule has 0 bridgehead atoms. The van der Waals surface area contributed by atoms with E-state index in [1.807, 2.05) is 0 Å². The van der Waals surface area contributed by atoms with Crippen LogP contribution in [-0.4, -0.2) is 5.71 Å². The molecule has 262 valence electrons. The van der Waals surface area contributed by atoms with E-state index < -0.39 is 0 Å². The molecule has 0 saturated carbocycles. The standard InChI is InChI=1S/C55H37N/c1-2-14-39(15-3-1)50-35-53(56-52-21-11-10-18-46(50)52)40-26-22-38(23-27-40)43-30-31-49-51(34-43)55(45-29-25-37-13-5-7-17-42(37)33-45)48-20-9-8-19-47(48)54(49)44-28-24-36-12-4-6-16-41(36)32-44/h1-34,50H,35H2/t50-/m1/s1. The molecule has 1 aliphatic rings. The summed E-state index contributed by atoms with van der Waals surface area (Å²) in [6.07, 6.45) is 0.871. The molecule has 0 N–H and O–H groups in total. The van der Waals surface area contributed by atoms with Crippen molar-refractivity contribution in [1.82, 2.24) is 0 Å². The summed E-state index contributed by atoms with van der Waals surface area (Å²) in [5, 5.41) is 10.0. The first-order valence-electron chi connectivity index (χ1n) is 19.5. The molecule has 1 heterocycles. The van der Waals surface area contributed by atoms with Crippen LogP contribution in [0.4, 0.5) is 5.69 Å². The average molecular weight is 712 g/mol. The maximum absolute atomic E-state index is 5.20. The highest BCUT2D eigenvalue weighted by atomic mass is 14.8.